The van der Waals surface area contributed by atoms with Gasteiger partial charge in [0.25, 0.3) is 10.0 Å². The predicted octanol–water partition coefficient (Wildman–Crippen LogP) is 0.463. The van der Waals surface area contributed by atoms with Gasteiger partial charge in [0.1, 0.15) is 0 Å². The van der Waals surface area contributed by atoms with Crippen molar-refractivity contribution in [1.29, 1.82) is 0 Å². The van der Waals surface area contributed by atoms with E-state index in [1.165, 1.54) is 16.6 Å². The number of nitrogens with two attached hydrogens (primary N) is 1. The molecule has 0 bridgehead atoms. The highest BCUT2D eigenvalue weighted by Gasteiger charge is 2.32. The van der Waals surface area contributed by atoms with Crippen molar-refractivity contribution in [3.05, 3.63) is 18.3 Å². The Morgan fingerprint density at radius 2 is 2.39 bits per heavy atom. The van der Waals surface area contributed by atoms with E-state index in [9.17, 15) is 8.42 Å². The third kappa shape index (κ3) is 2.47. The Hall–Kier alpha value is -1.18. The summed E-state index contributed by atoms with van der Waals surface area (Å²) in [5.41, 5.74) is 5.86. The molecule has 1 saturated heterocycles. The summed E-state index contributed by atoms with van der Waals surface area (Å²) < 4.78 is 31.6. The largest absolute Gasteiger partial charge is 0.396 e. The number of anilines is 1. The second kappa shape index (κ2) is 5.21. The lowest BCUT2D eigenvalue weighted by molar-refractivity contribution is -0.00283. The third-order valence-corrected chi connectivity index (χ3v) is 4.78. The maximum atomic E-state index is 12.4. The lowest BCUT2D eigenvalue weighted by Crippen LogP contribution is -2.45. The topological polar surface area (TPSA) is 85.5 Å². The molecule has 0 amide bonds. The van der Waals surface area contributed by atoms with E-state index in [0.717, 1.165) is 6.42 Å². The Balaban J connectivity index is 2.29. The third-order valence-electron chi connectivity index (χ3n) is 2.94. The molecule has 6 nitrogen and oxygen atoms in total. The first-order valence-electron chi connectivity index (χ1n) is 5.88. The van der Waals surface area contributed by atoms with Crippen molar-refractivity contribution in [2.45, 2.75) is 24.5 Å². The number of nitrogens with zero attached hydrogens (tertiary/aromatic N) is 2. The second-order valence-corrected chi connectivity index (χ2v) is 6.02. The molecule has 100 valence electrons. The van der Waals surface area contributed by atoms with Crippen molar-refractivity contribution in [1.82, 2.24) is 9.29 Å². The standard InChI is InChI=1S/C11H17N3O3S/c1-2-9-8-14(6-7-17-9)18(15,16)11-10(12)4-3-5-13-11/h3-5,9H,2,6-8,12H2,1H3. The molecule has 1 aromatic rings. The van der Waals surface area contributed by atoms with Crippen molar-refractivity contribution in [3.8, 4) is 0 Å². The van der Waals surface area contributed by atoms with Crippen LogP contribution in [0.3, 0.4) is 0 Å². The molecule has 18 heavy (non-hydrogen) atoms. The molecule has 0 radical (unpaired) electrons. The quantitative estimate of drug-likeness (QED) is 0.863. The van der Waals surface area contributed by atoms with E-state index in [4.69, 9.17) is 10.5 Å². The van der Waals surface area contributed by atoms with Crippen LogP contribution >= 0.6 is 0 Å². The Kier molecular flexibility index (Phi) is 3.84. The van der Waals surface area contributed by atoms with Crippen molar-refractivity contribution in [2.24, 2.45) is 0 Å². The Morgan fingerprint density at radius 3 is 3.06 bits per heavy atom. The number of ether oxygens (including phenoxy) is 1. The van der Waals surface area contributed by atoms with E-state index in [1.807, 2.05) is 6.92 Å². The normalized spacial score (nSPS) is 21.9. The Bertz CT molecular complexity index is 518. The van der Waals surface area contributed by atoms with Crippen LogP contribution in [0.2, 0.25) is 0 Å². The number of nitrogen functional groups attached to an aromatic ring is 1. The van der Waals surface area contributed by atoms with E-state index >= 15 is 0 Å². The summed E-state index contributed by atoms with van der Waals surface area (Å²) in [5.74, 6) is 0. The maximum absolute atomic E-state index is 12.4. The van der Waals surface area contributed by atoms with Gasteiger partial charge in [-0.2, -0.15) is 4.31 Å². The summed E-state index contributed by atoms with van der Waals surface area (Å²) in [6.45, 7) is 3.07. The Labute approximate surface area is 107 Å². The molecule has 2 heterocycles. The Morgan fingerprint density at radius 1 is 1.61 bits per heavy atom. The summed E-state index contributed by atoms with van der Waals surface area (Å²) >= 11 is 0. The molecule has 0 aromatic carbocycles. The average molecular weight is 271 g/mol. The summed E-state index contributed by atoms with van der Waals surface area (Å²) in [5, 5.41) is -0.0678. The van der Waals surface area contributed by atoms with Crippen LogP contribution in [-0.4, -0.2) is 43.5 Å². The van der Waals surface area contributed by atoms with Gasteiger partial charge in [0.05, 0.1) is 18.4 Å². The van der Waals surface area contributed by atoms with Crippen LogP contribution in [-0.2, 0) is 14.8 Å². The van der Waals surface area contributed by atoms with Gasteiger partial charge in [-0.25, -0.2) is 13.4 Å². The van der Waals surface area contributed by atoms with Crippen LogP contribution in [0, 0.1) is 0 Å². The number of hydrogen-bond donors (Lipinski definition) is 1. The van der Waals surface area contributed by atoms with E-state index in [-0.39, 0.29) is 16.8 Å². The molecular formula is C11H17N3O3S. The van der Waals surface area contributed by atoms with Gasteiger partial charge < -0.3 is 10.5 Å². The van der Waals surface area contributed by atoms with Gasteiger partial charge in [0.2, 0.25) is 0 Å². The molecule has 0 spiro atoms. The number of hydrogen-bond acceptors (Lipinski definition) is 5. The van der Waals surface area contributed by atoms with Crippen molar-refractivity contribution in [3.63, 3.8) is 0 Å². The molecular weight excluding hydrogens is 254 g/mol. The molecule has 0 aliphatic carbocycles. The molecule has 7 heteroatoms. The number of sulfonamides is 1. The zero-order valence-electron chi connectivity index (χ0n) is 10.2. The van der Waals surface area contributed by atoms with Crippen LogP contribution < -0.4 is 5.73 Å². The number of rotatable bonds is 3. The van der Waals surface area contributed by atoms with E-state index < -0.39 is 10.0 Å². The van der Waals surface area contributed by atoms with Crippen LogP contribution in [0.15, 0.2) is 23.4 Å². The highest BCUT2D eigenvalue weighted by atomic mass is 32.2. The minimum atomic E-state index is -3.62. The van der Waals surface area contributed by atoms with Gasteiger partial charge in [-0.3, -0.25) is 0 Å². The first-order chi connectivity index (χ1) is 8.55. The van der Waals surface area contributed by atoms with Crippen molar-refractivity contribution in [2.75, 3.05) is 25.4 Å². The first-order valence-corrected chi connectivity index (χ1v) is 7.32. The first kappa shape index (κ1) is 13.3. The predicted molar refractivity (Wildman–Crippen MR) is 67.4 cm³/mol. The summed E-state index contributed by atoms with van der Waals surface area (Å²) in [7, 11) is -3.62. The van der Waals surface area contributed by atoms with Gasteiger partial charge in [-0.05, 0) is 18.6 Å². The van der Waals surface area contributed by atoms with Crippen LogP contribution in [0.25, 0.3) is 0 Å². The SMILES string of the molecule is CCC1CN(S(=O)(=O)c2ncccc2N)CCO1. The summed E-state index contributed by atoms with van der Waals surface area (Å²) in [6.07, 6.45) is 2.16. The van der Waals surface area contributed by atoms with Gasteiger partial charge >= 0.3 is 0 Å². The number of morpholine rings is 1. The van der Waals surface area contributed by atoms with Gasteiger partial charge in [-0.15, -0.1) is 0 Å². The molecule has 1 atom stereocenters. The minimum Gasteiger partial charge on any atom is -0.396 e. The number of pyridine rings is 1. The highest BCUT2D eigenvalue weighted by Crippen LogP contribution is 2.21. The van der Waals surface area contributed by atoms with Crippen LogP contribution in [0.1, 0.15) is 13.3 Å². The fraction of sp³-hybridized carbons (Fsp3) is 0.545. The van der Waals surface area contributed by atoms with E-state index in [2.05, 4.69) is 4.98 Å². The van der Waals surface area contributed by atoms with Crippen molar-refractivity contribution >= 4 is 15.7 Å². The highest BCUT2D eigenvalue weighted by molar-refractivity contribution is 7.89. The molecule has 1 fully saturated rings. The summed E-state index contributed by atoms with van der Waals surface area (Å²) in [6, 6.07) is 3.15. The second-order valence-electron chi connectivity index (χ2n) is 4.16. The van der Waals surface area contributed by atoms with E-state index in [1.54, 1.807) is 6.07 Å². The lowest BCUT2D eigenvalue weighted by Gasteiger charge is -2.31. The fourth-order valence-electron chi connectivity index (χ4n) is 1.90. The zero-order valence-corrected chi connectivity index (χ0v) is 11.1. The average Bonchev–Trinajstić information content (AvgIpc) is 2.39. The molecule has 1 aliphatic rings. The van der Waals surface area contributed by atoms with Crippen LogP contribution in [0.5, 0.6) is 0 Å². The number of aromatic nitrogens is 1. The van der Waals surface area contributed by atoms with Crippen LogP contribution in [0.4, 0.5) is 5.69 Å². The lowest BCUT2D eigenvalue weighted by atomic mass is 10.2. The fourth-order valence-corrected chi connectivity index (χ4v) is 3.38. The monoisotopic (exact) mass is 271 g/mol. The molecule has 0 saturated carbocycles. The minimum absolute atomic E-state index is 0.0570. The van der Waals surface area contributed by atoms with E-state index in [0.29, 0.717) is 19.7 Å². The van der Waals surface area contributed by atoms with Crippen molar-refractivity contribution < 1.29 is 13.2 Å². The molecule has 1 aliphatic heterocycles. The van der Waals surface area contributed by atoms with Gasteiger partial charge in [-0.1, -0.05) is 6.92 Å². The molecule has 2 N–H and O–H groups in total. The molecule has 1 unspecified atom stereocenters. The van der Waals surface area contributed by atoms with Gasteiger partial charge in [0, 0.05) is 19.3 Å². The molecule has 1 aromatic heterocycles. The van der Waals surface area contributed by atoms with Gasteiger partial charge in [0.15, 0.2) is 5.03 Å². The maximum Gasteiger partial charge on any atom is 0.262 e. The zero-order chi connectivity index (χ0) is 13.2. The molecule has 2 rings (SSSR count). The smallest absolute Gasteiger partial charge is 0.262 e. The summed E-state index contributed by atoms with van der Waals surface area (Å²) in [4.78, 5) is 3.88.